The molecule has 0 aliphatic carbocycles. The Labute approximate surface area is 108 Å². The average molecular weight is 274 g/mol. The molecule has 2 N–H and O–H groups in total. The van der Waals surface area contributed by atoms with Crippen LogP contribution < -0.4 is 5.73 Å². The van der Waals surface area contributed by atoms with Crippen LogP contribution in [0.5, 0.6) is 0 Å². The highest BCUT2D eigenvalue weighted by molar-refractivity contribution is 7.89. The number of halogens is 1. The number of nitrogen functional groups attached to an aromatic ring is 1. The first-order valence-corrected chi connectivity index (χ1v) is 7.11. The van der Waals surface area contributed by atoms with E-state index in [0.29, 0.717) is 6.42 Å². The van der Waals surface area contributed by atoms with Crippen LogP contribution in [0.25, 0.3) is 0 Å². The van der Waals surface area contributed by atoms with Crippen LogP contribution in [0.15, 0.2) is 23.1 Å². The minimum absolute atomic E-state index is 0.188. The predicted molar refractivity (Wildman–Crippen MR) is 70.1 cm³/mol. The molecule has 0 aromatic heterocycles. The van der Waals surface area contributed by atoms with E-state index in [4.69, 9.17) is 5.73 Å². The molecular formula is C12H19FN2O2S. The Balaban J connectivity index is 3.35. The number of nitrogens with zero attached hydrogens (tertiary/aromatic N) is 1. The molecule has 0 atom stereocenters. The van der Waals surface area contributed by atoms with Gasteiger partial charge in [-0.05, 0) is 32.4 Å². The molecule has 0 aliphatic heterocycles. The van der Waals surface area contributed by atoms with Crippen LogP contribution in [-0.4, -0.2) is 25.3 Å². The van der Waals surface area contributed by atoms with Crippen molar-refractivity contribution in [2.45, 2.75) is 37.6 Å². The number of benzene rings is 1. The van der Waals surface area contributed by atoms with Gasteiger partial charge in [0.15, 0.2) is 0 Å². The summed E-state index contributed by atoms with van der Waals surface area (Å²) >= 11 is 0. The van der Waals surface area contributed by atoms with Crippen molar-refractivity contribution in [2.75, 3.05) is 12.8 Å². The second-order valence-electron chi connectivity index (χ2n) is 4.79. The van der Waals surface area contributed by atoms with E-state index >= 15 is 0 Å². The lowest BCUT2D eigenvalue weighted by Gasteiger charge is -2.33. The number of nitrogens with two attached hydrogens (primary N) is 1. The van der Waals surface area contributed by atoms with Crippen LogP contribution in [-0.2, 0) is 10.0 Å². The second kappa shape index (κ2) is 4.85. The Morgan fingerprint density at radius 2 is 1.94 bits per heavy atom. The van der Waals surface area contributed by atoms with Gasteiger partial charge in [-0.3, -0.25) is 0 Å². The van der Waals surface area contributed by atoms with Crippen LogP contribution in [0.2, 0.25) is 0 Å². The molecule has 0 amide bonds. The Hall–Kier alpha value is -1.14. The lowest BCUT2D eigenvalue weighted by molar-refractivity contribution is 0.257. The fraction of sp³-hybridized carbons (Fsp3) is 0.500. The van der Waals surface area contributed by atoms with E-state index < -0.39 is 21.4 Å². The van der Waals surface area contributed by atoms with Crippen molar-refractivity contribution in [3.05, 3.63) is 24.0 Å². The maximum atomic E-state index is 13.3. The SMILES string of the molecule is CCC(C)(C)N(C)S(=O)(=O)c1cccc(F)c1N. The summed E-state index contributed by atoms with van der Waals surface area (Å²) < 4.78 is 39.4. The molecule has 0 bridgehead atoms. The van der Waals surface area contributed by atoms with Crippen molar-refractivity contribution in [2.24, 2.45) is 0 Å². The standard InChI is InChI=1S/C12H19FN2O2S/c1-5-12(2,3)15(4)18(16,17)10-8-6-7-9(13)11(10)14/h6-8H,5,14H2,1-4H3. The monoisotopic (exact) mass is 274 g/mol. The number of para-hydroxylation sites is 1. The first kappa shape index (κ1) is 14.9. The van der Waals surface area contributed by atoms with E-state index in [1.807, 2.05) is 6.92 Å². The van der Waals surface area contributed by atoms with Gasteiger partial charge in [-0.15, -0.1) is 0 Å². The van der Waals surface area contributed by atoms with Gasteiger partial charge < -0.3 is 5.73 Å². The summed E-state index contributed by atoms with van der Waals surface area (Å²) in [7, 11) is -2.32. The number of anilines is 1. The zero-order valence-electron chi connectivity index (χ0n) is 11.1. The fourth-order valence-electron chi connectivity index (χ4n) is 1.44. The molecule has 0 aliphatic rings. The molecule has 4 nitrogen and oxygen atoms in total. The number of hydrogen-bond donors (Lipinski definition) is 1. The highest BCUT2D eigenvalue weighted by atomic mass is 32.2. The van der Waals surface area contributed by atoms with Gasteiger partial charge in [-0.25, -0.2) is 12.8 Å². The molecule has 0 saturated carbocycles. The molecule has 102 valence electrons. The van der Waals surface area contributed by atoms with Gasteiger partial charge in [0.1, 0.15) is 10.7 Å². The Kier molecular flexibility index (Phi) is 4.02. The molecule has 0 radical (unpaired) electrons. The third-order valence-corrected chi connectivity index (χ3v) is 5.50. The molecular weight excluding hydrogens is 255 g/mol. The Bertz CT molecular complexity index is 541. The maximum absolute atomic E-state index is 13.3. The largest absolute Gasteiger partial charge is 0.395 e. The van der Waals surface area contributed by atoms with Gasteiger partial charge in [0, 0.05) is 12.6 Å². The van der Waals surface area contributed by atoms with Gasteiger partial charge >= 0.3 is 0 Å². The highest BCUT2D eigenvalue weighted by Gasteiger charge is 2.34. The molecule has 1 rings (SSSR count). The van der Waals surface area contributed by atoms with Crippen molar-refractivity contribution < 1.29 is 12.8 Å². The zero-order chi connectivity index (χ0) is 14.1. The smallest absolute Gasteiger partial charge is 0.245 e. The Morgan fingerprint density at radius 1 is 1.39 bits per heavy atom. The van der Waals surface area contributed by atoms with Gasteiger partial charge in [0.25, 0.3) is 0 Å². The third-order valence-electron chi connectivity index (χ3n) is 3.37. The normalized spacial score (nSPS) is 13.0. The molecule has 6 heteroatoms. The van der Waals surface area contributed by atoms with E-state index in [9.17, 15) is 12.8 Å². The summed E-state index contributed by atoms with van der Waals surface area (Å²) in [6.45, 7) is 5.50. The van der Waals surface area contributed by atoms with Crippen molar-refractivity contribution in [1.29, 1.82) is 0 Å². The van der Waals surface area contributed by atoms with Gasteiger partial charge in [-0.2, -0.15) is 4.31 Å². The first-order valence-electron chi connectivity index (χ1n) is 5.67. The molecule has 0 fully saturated rings. The van der Waals surface area contributed by atoms with Crippen molar-refractivity contribution in [3.8, 4) is 0 Å². The van der Waals surface area contributed by atoms with Crippen LogP contribution in [0.1, 0.15) is 27.2 Å². The highest BCUT2D eigenvalue weighted by Crippen LogP contribution is 2.29. The van der Waals surface area contributed by atoms with Crippen LogP contribution in [0, 0.1) is 5.82 Å². The molecule has 1 aromatic rings. The summed E-state index contributed by atoms with van der Waals surface area (Å²) in [4.78, 5) is -0.188. The van der Waals surface area contributed by atoms with Crippen molar-refractivity contribution >= 4 is 15.7 Å². The summed E-state index contributed by atoms with van der Waals surface area (Å²) in [5.74, 6) is -0.723. The van der Waals surface area contributed by atoms with Crippen LogP contribution in [0.3, 0.4) is 0 Å². The number of rotatable bonds is 4. The summed E-state index contributed by atoms with van der Waals surface area (Å²) in [6.07, 6.45) is 0.637. The predicted octanol–water partition coefficient (Wildman–Crippen LogP) is 2.22. The third kappa shape index (κ3) is 2.49. The average Bonchev–Trinajstić information content (AvgIpc) is 2.31. The van der Waals surface area contributed by atoms with Gasteiger partial charge in [0.2, 0.25) is 10.0 Å². The molecule has 0 spiro atoms. The molecule has 18 heavy (non-hydrogen) atoms. The first-order chi connectivity index (χ1) is 8.14. The number of sulfonamides is 1. The van der Waals surface area contributed by atoms with E-state index in [1.54, 1.807) is 13.8 Å². The minimum atomic E-state index is -3.79. The molecule has 0 unspecified atom stereocenters. The summed E-state index contributed by atoms with van der Waals surface area (Å²) in [5.41, 5.74) is 4.62. The van der Waals surface area contributed by atoms with E-state index in [-0.39, 0.29) is 10.6 Å². The van der Waals surface area contributed by atoms with Crippen molar-refractivity contribution in [1.82, 2.24) is 4.31 Å². The quantitative estimate of drug-likeness (QED) is 0.856. The van der Waals surface area contributed by atoms with Crippen LogP contribution in [0.4, 0.5) is 10.1 Å². The lowest BCUT2D eigenvalue weighted by Crippen LogP contribution is -2.44. The van der Waals surface area contributed by atoms with Crippen molar-refractivity contribution in [3.63, 3.8) is 0 Å². The van der Waals surface area contributed by atoms with Crippen LogP contribution >= 0.6 is 0 Å². The zero-order valence-corrected chi connectivity index (χ0v) is 11.9. The molecule has 0 saturated heterocycles. The summed E-state index contributed by atoms with van der Waals surface area (Å²) in [5, 5.41) is 0. The second-order valence-corrected chi connectivity index (χ2v) is 6.73. The fourth-order valence-corrected chi connectivity index (χ4v) is 3.14. The van der Waals surface area contributed by atoms with Gasteiger partial charge in [0.05, 0.1) is 5.69 Å². The van der Waals surface area contributed by atoms with E-state index in [1.165, 1.54) is 23.5 Å². The molecule has 1 aromatic carbocycles. The lowest BCUT2D eigenvalue weighted by atomic mass is 10.0. The Morgan fingerprint density at radius 3 is 2.44 bits per heavy atom. The molecule has 0 heterocycles. The summed E-state index contributed by atoms with van der Waals surface area (Å²) in [6, 6.07) is 3.79. The van der Waals surface area contributed by atoms with E-state index in [0.717, 1.165) is 6.07 Å². The van der Waals surface area contributed by atoms with Gasteiger partial charge in [-0.1, -0.05) is 13.0 Å². The van der Waals surface area contributed by atoms with E-state index in [2.05, 4.69) is 0 Å². The maximum Gasteiger partial charge on any atom is 0.245 e. The number of hydrogen-bond acceptors (Lipinski definition) is 3. The topological polar surface area (TPSA) is 63.4 Å². The minimum Gasteiger partial charge on any atom is -0.395 e.